The number of fused-ring (bicyclic) bond motifs is 1. The normalized spacial score (nSPS) is 14.5. The Morgan fingerprint density at radius 3 is 2.16 bits per heavy atom. The molecule has 134 valence electrons. The zero-order chi connectivity index (χ0) is 18.6. The monoisotopic (exact) mass is 346 g/mol. The van der Waals surface area contributed by atoms with E-state index < -0.39 is 17.8 Å². The topological polar surface area (TPSA) is 92.8 Å². The van der Waals surface area contributed by atoms with Crippen LogP contribution in [-0.4, -0.2) is 35.3 Å². The van der Waals surface area contributed by atoms with Gasteiger partial charge in [0.2, 0.25) is 5.91 Å². The maximum atomic E-state index is 12.2. The number of imide groups is 1. The molecule has 1 N–H and O–H groups in total. The molecule has 1 atom stereocenters. The Morgan fingerprint density at radius 2 is 1.68 bits per heavy atom. The molecule has 1 aliphatic heterocycles. The maximum Gasteiger partial charge on any atom is 0.333 e. The van der Waals surface area contributed by atoms with Gasteiger partial charge in [0.15, 0.2) is 0 Å². The minimum absolute atomic E-state index is 0.00582. The van der Waals surface area contributed by atoms with Crippen molar-refractivity contribution in [2.45, 2.75) is 33.6 Å². The highest BCUT2D eigenvalue weighted by Crippen LogP contribution is 2.23. The van der Waals surface area contributed by atoms with E-state index in [1.165, 1.54) is 19.1 Å². The molecule has 0 unspecified atom stereocenters. The summed E-state index contributed by atoms with van der Waals surface area (Å²) in [4.78, 5) is 52.7. The molecule has 0 fully saturated rings. The van der Waals surface area contributed by atoms with E-state index in [9.17, 15) is 19.2 Å². The third-order valence-corrected chi connectivity index (χ3v) is 3.85. The van der Waals surface area contributed by atoms with E-state index in [4.69, 9.17) is 4.84 Å². The van der Waals surface area contributed by atoms with Gasteiger partial charge in [-0.25, -0.2) is 4.79 Å². The van der Waals surface area contributed by atoms with Crippen LogP contribution in [0.4, 0.5) is 0 Å². The molecule has 0 bridgehead atoms. The summed E-state index contributed by atoms with van der Waals surface area (Å²) in [6, 6.07) is 6.31. The number of benzene rings is 1. The summed E-state index contributed by atoms with van der Waals surface area (Å²) < 4.78 is 0. The molecular formula is C18H22N2O5. The van der Waals surface area contributed by atoms with Crippen LogP contribution in [0, 0.1) is 11.8 Å². The molecule has 0 aromatic heterocycles. The van der Waals surface area contributed by atoms with Gasteiger partial charge in [-0.1, -0.05) is 31.0 Å². The Kier molecular flexibility index (Phi) is 5.90. The van der Waals surface area contributed by atoms with E-state index in [0.717, 1.165) is 0 Å². The first-order chi connectivity index (χ1) is 11.8. The molecule has 1 aromatic rings. The molecule has 1 aromatic carbocycles. The molecule has 0 aliphatic carbocycles. The van der Waals surface area contributed by atoms with Crippen LogP contribution in [0.3, 0.4) is 0 Å². The second-order valence-corrected chi connectivity index (χ2v) is 6.55. The largest absolute Gasteiger partial charge is 0.356 e. The van der Waals surface area contributed by atoms with Gasteiger partial charge in [0.1, 0.15) is 0 Å². The molecule has 1 heterocycles. The Hall–Kier alpha value is -2.70. The smallest absolute Gasteiger partial charge is 0.333 e. The predicted molar refractivity (Wildman–Crippen MR) is 89.3 cm³/mol. The molecule has 25 heavy (non-hydrogen) atoms. The van der Waals surface area contributed by atoms with E-state index >= 15 is 0 Å². The van der Waals surface area contributed by atoms with Crippen molar-refractivity contribution in [1.29, 1.82) is 0 Å². The van der Waals surface area contributed by atoms with Crippen LogP contribution in [0.2, 0.25) is 0 Å². The highest BCUT2D eigenvalue weighted by molar-refractivity contribution is 6.20. The number of nitrogens with one attached hydrogen (secondary N) is 1. The fourth-order valence-corrected chi connectivity index (χ4v) is 2.82. The Labute approximate surface area is 146 Å². The van der Waals surface area contributed by atoms with Gasteiger partial charge >= 0.3 is 5.97 Å². The van der Waals surface area contributed by atoms with Crippen molar-refractivity contribution in [2.24, 2.45) is 11.8 Å². The number of amides is 3. The molecule has 0 saturated heterocycles. The Balaban J connectivity index is 2.00. The van der Waals surface area contributed by atoms with E-state index in [-0.39, 0.29) is 29.4 Å². The standard InChI is InChI=1S/C18H22N2O5/c1-11(2)8-13(10-19-12(3)21)9-16(22)25-20-17(23)14-6-4-5-7-15(14)18(20)24/h4-7,11,13H,8-10H2,1-3H3,(H,19,21)/t13-/m0/s1. The van der Waals surface area contributed by atoms with Gasteiger partial charge < -0.3 is 10.2 Å². The summed E-state index contributed by atoms with van der Waals surface area (Å²) in [5, 5.41) is 3.20. The minimum Gasteiger partial charge on any atom is -0.356 e. The van der Waals surface area contributed by atoms with Gasteiger partial charge in [0, 0.05) is 13.5 Å². The number of hydrogen-bond acceptors (Lipinski definition) is 5. The fourth-order valence-electron chi connectivity index (χ4n) is 2.82. The van der Waals surface area contributed by atoms with Crippen LogP contribution in [0.5, 0.6) is 0 Å². The lowest BCUT2D eigenvalue weighted by Gasteiger charge is -2.19. The second-order valence-electron chi connectivity index (χ2n) is 6.55. The van der Waals surface area contributed by atoms with Crippen molar-refractivity contribution < 1.29 is 24.0 Å². The lowest BCUT2D eigenvalue weighted by Crippen LogP contribution is -2.35. The molecule has 7 heteroatoms. The molecule has 3 amide bonds. The van der Waals surface area contributed by atoms with Crippen LogP contribution in [0.15, 0.2) is 24.3 Å². The van der Waals surface area contributed by atoms with E-state index in [2.05, 4.69) is 5.32 Å². The van der Waals surface area contributed by atoms with Crippen molar-refractivity contribution in [3.8, 4) is 0 Å². The number of carbonyl (C=O) groups is 4. The third kappa shape index (κ3) is 4.65. The van der Waals surface area contributed by atoms with Crippen molar-refractivity contribution in [3.05, 3.63) is 35.4 Å². The number of carbonyl (C=O) groups excluding carboxylic acids is 4. The van der Waals surface area contributed by atoms with Crippen LogP contribution < -0.4 is 5.32 Å². The Morgan fingerprint density at radius 1 is 1.12 bits per heavy atom. The van der Waals surface area contributed by atoms with Gasteiger partial charge in [-0.2, -0.15) is 0 Å². The third-order valence-electron chi connectivity index (χ3n) is 3.85. The van der Waals surface area contributed by atoms with Gasteiger partial charge in [0.25, 0.3) is 11.8 Å². The van der Waals surface area contributed by atoms with E-state index in [1.807, 2.05) is 13.8 Å². The number of hydrogen-bond donors (Lipinski definition) is 1. The average molecular weight is 346 g/mol. The molecule has 2 rings (SSSR count). The first-order valence-corrected chi connectivity index (χ1v) is 8.22. The first kappa shape index (κ1) is 18.6. The number of hydroxylamine groups is 2. The molecular weight excluding hydrogens is 324 g/mol. The van der Waals surface area contributed by atoms with Crippen LogP contribution in [-0.2, 0) is 14.4 Å². The minimum atomic E-state index is -0.675. The van der Waals surface area contributed by atoms with Crippen LogP contribution in [0.25, 0.3) is 0 Å². The Bertz CT molecular complexity index is 663. The van der Waals surface area contributed by atoms with Gasteiger partial charge in [-0.15, -0.1) is 0 Å². The van der Waals surface area contributed by atoms with Crippen molar-refractivity contribution in [2.75, 3.05) is 6.54 Å². The van der Waals surface area contributed by atoms with E-state index in [0.29, 0.717) is 23.9 Å². The quantitative estimate of drug-likeness (QED) is 0.762. The van der Waals surface area contributed by atoms with Crippen LogP contribution in [0.1, 0.15) is 54.3 Å². The zero-order valence-corrected chi connectivity index (χ0v) is 14.6. The van der Waals surface area contributed by atoms with Crippen molar-refractivity contribution >= 4 is 23.7 Å². The summed E-state index contributed by atoms with van der Waals surface area (Å²) in [5.74, 6) is -1.95. The lowest BCUT2D eigenvalue weighted by atomic mass is 9.94. The number of nitrogens with zero attached hydrogens (tertiary/aromatic N) is 1. The predicted octanol–water partition coefficient (Wildman–Crippen LogP) is 1.93. The first-order valence-electron chi connectivity index (χ1n) is 8.22. The van der Waals surface area contributed by atoms with Crippen molar-refractivity contribution in [3.63, 3.8) is 0 Å². The maximum absolute atomic E-state index is 12.2. The summed E-state index contributed by atoms with van der Waals surface area (Å²) >= 11 is 0. The van der Waals surface area contributed by atoms with Gasteiger partial charge in [-0.3, -0.25) is 14.4 Å². The van der Waals surface area contributed by atoms with Crippen LogP contribution >= 0.6 is 0 Å². The number of rotatable bonds is 7. The molecule has 1 aliphatic rings. The highest BCUT2D eigenvalue weighted by atomic mass is 16.7. The zero-order valence-electron chi connectivity index (χ0n) is 14.6. The SMILES string of the molecule is CC(=O)NC[C@H](CC(=O)ON1C(=O)c2ccccc2C1=O)CC(C)C. The average Bonchev–Trinajstić information content (AvgIpc) is 2.77. The summed E-state index contributed by atoms with van der Waals surface area (Å²) in [6.07, 6.45) is 0.712. The second kappa shape index (κ2) is 7.92. The summed E-state index contributed by atoms with van der Waals surface area (Å²) in [6.45, 7) is 5.76. The summed E-state index contributed by atoms with van der Waals surface area (Å²) in [5.41, 5.74) is 0.439. The van der Waals surface area contributed by atoms with Gasteiger partial charge in [-0.05, 0) is 30.4 Å². The highest BCUT2D eigenvalue weighted by Gasteiger charge is 2.38. The van der Waals surface area contributed by atoms with E-state index in [1.54, 1.807) is 12.1 Å². The molecule has 0 saturated carbocycles. The molecule has 0 spiro atoms. The molecule has 0 radical (unpaired) electrons. The summed E-state index contributed by atoms with van der Waals surface area (Å²) in [7, 11) is 0. The lowest BCUT2D eigenvalue weighted by molar-refractivity contribution is -0.169. The fraction of sp³-hybridized carbons (Fsp3) is 0.444. The van der Waals surface area contributed by atoms with Crippen molar-refractivity contribution in [1.82, 2.24) is 10.4 Å². The van der Waals surface area contributed by atoms with Gasteiger partial charge in [0.05, 0.1) is 17.5 Å². The molecule has 7 nitrogen and oxygen atoms in total.